The molecule has 0 atom stereocenters. The summed E-state index contributed by atoms with van der Waals surface area (Å²) in [6.45, 7) is 3.90. The van der Waals surface area contributed by atoms with Crippen LogP contribution in [0.15, 0.2) is 48.0 Å². The molecule has 2 aromatic carbocycles. The lowest BCUT2D eigenvalue weighted by Gasteiger charge is -2.22. The van der Waals surface area contributed by atoms with Gasteiger partial charge >= 0.3 is 6.03 Å². The number of benzene rings is 2. The van der Waals surface area contributed by atoms with E-state index in [1.807, 2.05) is 36.8 Å². The normalized spacial score (nSPS) is 14.6. The Balaban J connectivity index is 1.42. The van der Waals surface area contributed by atoms with Gasteiger partial charge in [-0.2, -0.15) is 0 Å². The van der Waals surface area contributed by atoms with Crippen molar-refractivity contribution >= 4 is 33.3 Å². The predicted octanol–water partition coefficient (Wildman–Crippen LogP) is 4.56. The Kier molecular flexibility index (Phi) is 5.36. The highest BCUT2D eigenvalue weighted by molar-refractivity contribution is 7.16. The number of thiazole rings is 1. The molecule has 1 saturated heterocycles. The van der Waals surface area contributed by atoms with Gasteiger partial charge in [-0.15, -0.1) is 11.3 Å². The molecule has 5 nitrogen and oxygen atoms in total. The minimum atomic E-state index is -0.102. The lowest BCUT2D eigenvalue weighted by Crippen LogP contribution is -2.31. The standard InChI is InChI=1S/C21H24N4OS/c1-24(21(26)23-18-8-9-19-20(12-18)27-15-22-19)13-16-6-2-3-7-17(16)14-25-10-4-5-11-25/h2-3,6-9,12,15H,4-5,10-11,13-14H2,1H3,(H,23,26). The molecule has 2 amide bonds. The Bertz CT molecular complexity index is 933. The third-order valence-electron chi connectivity index (χ3n) is 5.05. The number of urea groups is 1. The highest BCUT2D eigenvalue weighted by Gasteiger charge is 2.16. The largest absolute Gasteiger partial charge is 0.323 e. The predicted molar refractivity (Wildman–Crippen MR) is 111 cm³/mol. The van der Waals surface area contributed by atoms with Crippen molar-refractivity contribution in [2.45, 2.75) is 25.9 Å². The maximum Gasteiger partial charge on any atom is 0.321 e. The van der Waals surface area contributed by atoms with Gasteiger partial charge in [0.05, 0.1) is 15.7 Å². The zero-order valence-corrected chi connectivity index (χ0v) is 16.3. The van der Waals surface area contributed by atoms with E-state index in [9.17, 15) is 4.79 Å². The van der Waals surface area contributed by atoms with Crippen molar-refractivity contribution in [3.05, 3.63) is 59.1 Å². The van der Waals surface area contributed by atoms with Crippen LogP contribution < -0.4 is 5.32 Å². The van der Waals surface area contributed by atoms with E-state index in [2.05, 4.69) is 33.4 Å². The summed E-state index contributed by atoms with van der Waals surface area (Å²) in [5, 5.41) is 2.99. The van der Waals surface area contributed by atoms with Gasteiger partial charge in [0.1, 0.15) is 0 Å². The van der Waals surface area contributed by atoms with Crippen molar-refractivity contribution in [2.75, 3.05) is 25.5 Å². The van der Waals surface area contributed by atoms with Crippen molar-refractivity contribution in [2.24, 2.45) is 0 Å². The summed E-state index contributed by atoms with van der Waals surface area (Å²) in [6, 6.07) is 14.1. The summed E-state index contributed by atoms with van der Waals surface area (Å²) in [5.41, 5.74) is 6.10. The first kappa shape index (κ1) is 17.9. The molecule has 0 radical (unpaired) electrons. The van der Waals surface area contributed by atoms with Crippen LogP contribution in [0.25, 0.3) is 10.2 Å². The number of anilines is 1. The minimum Gasteiger partial charge on any atom is -0.323 e. The Morgan fingerprint density at radius 1 is 1.19 bits per heavy atom. The fourth-order valence-corrected chi connectivity index (χ4v) is 4.24. The van der Waals surface area contributed by atoms with E-state index in [4.69, 9.17) is 0 Å². The van der Waals surface area contributed by atoms with Crippen LogP contribution in [-0.4, -0.2) is 41.0 Å². The SMILES string of the molecule is CN(Cc1ccccc1CN1CCCC1)C(=O)Nc1ccc2ncsc2c1. The van der Waals surface area contributed by atoms with Crippen LogP contribution in [0.5, 0.6) is 0 Å². The van der Waals surface area contributed by atoms with Crippen molar-refractivity contribution in [1.82, 2.24) is 14.8 Å². The molecule has 6 heteroatoms. The zero-order chi connectivity index (χ0) is 18.6. The first-order valence-electron chi connectivity index (χ1n) is 9.33. The van der Waals surface area contributed by atoms with Gasteiger partial charge in [-0.25, -0.2) is 9.78 Å². The molecule has 1 aliphatic heterocycles. The molecule has 1 N–H and O–H groups in total. The van der Waals surface area contributed by atoms with Crippen LogP contribution in [0.4, 0.5) is 10.5 Å². The molecule has 140 valence electrons. The van der Waals surface area contributed by atoms with Crippen molar-refractivity contribution in [3.8, 4) is 0 Å². The molecule has 2 heterocycles. The zero-order valence-electron chi connectivity index (χ0n) is 15.5. The molecule has 27 heavy (non-hydrogen) atoms. The van der Waals surface area contributed by atoms with Crippen LogP contribution in [0, 0.1) is 0 Å². The molecule has 3 aromatic rings. The summed E-state index contributed by atoms with van der Waals surface area (Å²) in [5.74, 6) is 0. The van der Waals surface area contributed by atoms with E-state index >= 15 is 0 Å². The van der Waals surface area contributed by atoms with E-state index in [-0.39, 0.29) is 6.03 Å². The molecule has 0 bridgehead atoms. The molecular weight excluding hydrogens is 356 g/mol. The number of nitrogens with one attached hydrogen (secondary N) is 1. The van der Waals surface area contributed by atoms with Gasteiger partial charge in [-0.3, -0.25) is 4.90 Å². The molecule has 1 aromatic heterocycles. The maximum atomic E-state index is 12.6. The Morgan fingerprint density at radius 2 is 1.96 bits per heavy atom. The third kappa shape index (κ3) is 4.28. The van der Waals surface area contributed by atoms with Crippen LogP contribution >= 0.6 is 11.3 Å². The van der Waals surface area contributed by atoms with Gasteiger partial charge in [0.2, 0.25) is 0 Å². The van der Waals surface area contributed by atoms with Crippen LogP contribution in [-0.2, 0) is 13.1 Å². The molecule has 0 unspecified atom stereocenters. The quantitative estimate of drug-likeness (QED) is 0.706. The first-order chi connectivity index (χ1) is 13.2. The monoisotopic (exact) mass is 380 g/mol. The number of likely N-dealkylation sites (tertiary alicyclic amines) is 1. The second kappa shape index (κ2) is 8.06. The number of fused-ring (bicyclic) bond motifs is 1. The number of amides is 2. The van der Waals surface area contributed by atoms with Gasteiger partial charge in [-0.05, 0) is 55.3 Å². The van der Waals surface area contributed by atoms with E-state index < -0.39 is 0 Å². The third-order valence-corrected chi connectivity index (χ3v) is 5.84. The minimum absolute atomic E-state index is 0.102. The number of hydrogen-bond donors (Lipinski definition) is 1. The number of hydrogen-bond acceptors (Lipinski definition) is 4. The first-order valence-corrected chi connectivity index (χ1v) is 10.2. The van der Waals surface area contributed by atoms with E-state index in [0.717, 1.165) is 22.4 Å². The summed E-state index contributed by atoms with van der Waals surface area (Å²) in [4.78, 5) is 21.1. The van der Waals surface area contributed by atoms with E-state index in [1.54, 1.807) is 16.2 Å². The van der Waals surface area contributed by atoms with Crippen molar-refractivity contribution in [1.29, 1.82) is 0 Å². The van der Waals surface area contributed by atoms with Gasteiger partial charge < -0.3 is 10.2 Å². The molecule has 0 saturated carbocycles. The number of nitrogens with zero attached hydrogens (tertiary/aromatic N) is 3. The number of carbonyl (C=O) groups excluding carboxylic acids is 1. The molecular formula is C21H24N4OS. The van der Waals surface area contributed by atoms with Crippen LogP contribution in [0.1, 0.15) is 24.0 Å². The molecule has 1 aliphatic rings. The van der Waals surface area contributed by atoms with Crippen LogP contribution in [0.3, 0.4) is 0 Å². The molecule has 1 fully saturated rings. The Labute approximate surface area is 163 Å². The van der Waals surface area contributed by atoms with Crippen LogP contribution in [0.2, 0.25) is 0 Å². The Morgan fingerprint density at radius 3 is 2.78 bits per heavy atom. The summed E-state index contributed by atoms with van der Waals surface area (Å²) >= 11 is 1.58. The molecule has 0 aliphatic carbocycles. The highest BCUT2D eigenvalue weighted by Crippen LogP contribution is 2.22. The smallest absolute Gasteiger partial charge is 0.321 e. The molecule has 0 spiro atoms. The number of carbonyl (C=O) groups is 1. The Hall–Kier alpha value is -2.44. The summed E-state index contributed by atoms with van der Waals surface area (Å²) in [6.07, 6.45) is 2.57. The lowest BCUT2D eigenvalue weighted by atomic mass is 10.1. The average Bonchev–Trinajstić information content (AvgIpc) is 3.34. The second-order valence-corrected chi connectivity index (χ2v) is 7.96. The fourth-order valence-electron chi connectivity index (χ4n) is 3.53. The number of aromatic nitrogens is 1. The van der Waals surface area contributed by atoms with Crippen molar-refractivity contribution in [3.63, 3.8) is 0 Å². The number of rotatable bonds is 5. The average molecular weight is 381 g/mol. The lowest BCUT2D eigenvalue weighted by molar-refractivity contribution is 0.220. The van der Waals surface area contributed by atoms with Gasteiger partial charge in [0.25, 0.3) is 0 Å². The van der Waals surface area contributed by atoms with E-state index in [0.29, 0.717) is 6.54 Å². The fraction of sp³-hybridized carbons (Fsp3) is 0.333. The van der Waals surface area contributed by atoms with Gasteiger partial charge in [-0.1, -0.05) is 24.3 Å². The van der Waals surface area contributed by atoms with Crippen molar-refractivity contribution < 1.29 is 4.79 Å². The second-order valence-electron chi connectivity index (χ2n) is 7.07. The molecule has 4 rings (SSSR count). The topological polar surface area (TPSA) is 48.5 Å². The van der Waals surface area contributed by atoms with E-state index in [1.165, 1.54) is 37.1 Å². The maximum absolute atomic E-state index is 12.6. The summed E-state index contributed by atoms with van der Waals surface area (Å²) < 4.78 is 1.08. The highest BCUT2D eigenvalue weighted by atomic mass is 32.1. The van der Waals surface area contributed by atoms with Gasteiger partial charge in [0, 0.05) is 25.8 Å². The summed E-state index contributed by atoms with van der Waals surface area (Å²) in [7, 11) is 1.84. The van der Waals surface area contributed by atoms with Gasteiger partial charge in [0.15, 0.2) is 0 Å².